The Labute approximate surface area is 86.9 Å². The quantitative estimate of drug-likeness (QED) is 0.753. The van der Waals surface area contributed by atoms with E-state index in [1.165, 1.54) is 6.42 Å². The standard InChI is InChI=1S/C11H23NO2/c1-11(2,3)14-8-10(12)9-5-4-6-13-7-9/h9-10H,4-8,12H2,1-3H3. The largest absolute Gasteiger partial charge is 0.381 e. The van der Waals surface area contributed by atoms with Crippen LogP contribution in [0.25, 0.3) is 0 Å². The molecule has 1 saturated heterocycles. The van der Waals surface area contributed by atoms with E-state index in [4.69, 9.17) is 15.2 Å². The summed E-state index contributed by atoms with van der Waals surface area (Å²) >= 11 is 0. The van der Waals surface area contributed by atoms with Gasteiger partial charge in [0, 0.05) is 12.6 Å². The minimum atomic E-state index is -0.0901. The maximum atomic E-state index is 6.05. The summed E-state index contributed by atoms with van der Waals surface area (Å²) in [6.45, 7) is 8.49. The van der Waals surface area contributed by atoms with Gasteiger partial charge in [0.2, 0.25) is 0 Å². The molecule has 84 valence electrons. The lowest BCUT2D eigenvalue weighted by Crippen LogP contribution is -2.41. The average Bonchev–Trinajstić information content (AvgIpc) is 2.14. The molecule has 3 nitrogen and oxygen atoms in total. The molecule has 1 aliphatic rings. The molecule has 0 aliphatic carbocycles. The van der Waals surface area contributed by atoms with E-state index in [2.05, 4.69) is 20.8 Å². The van der Waals surface area contributed by atoms with Crippen molar-refractivity contribution in [2.45, 2.75) is 45.3 Å². The van der Waals surface area contributed by atoms with Crippen LogP contribution in [0.5, 0.6) is 0 Å². The van der Waals surface area contributed by atoms with Gasteiger partial charge in [0.05, 0.1) is 18.8 Å². The van der Waals surface area contributed by atoms with Crippen LogP contribution in [0.3, 0.4) is 0 Å². The molecule has 0 radical (unpaired) electrons. The summed E-state index contributed by atoms with van der Waals surface area (Å²) in [5.41, 5.74) is 5.96. The molecule has 0 aromatic heterocycles. The zero-order chi connectivity index (χ0) is 10.6. The van der Waals surface area contributed by atoms with Crippen LogP contribution >= 0.6 is 0 Å². The second kappa shape index (κ2) is 5.10. The maximum absolute atomic E-state index is 6.05. The first-order valence-corrected chi connectivity index (χ1v) is 5.46. The highest BCUT2D eigenvalue weighted by Gasteiger charge is 2.22. The van der Waals surface area contributed by atoms with Crippen molar-refractivity contribution < 1.29 is 9.47 Å². The van der Waals surface area contributed by atoms with Crippen molar-refractivity contribution >= 4 is 0 Å². The Balaban J connectivity index is 2.23. The van der Waals surface area contributed by atoms with E-state index < -0.39 is 0 Å². The minimum Gasteiger partial charge on any atom is -0.381 e. The van der Waals surface area contributed by atoms with Gasteiger partial charge in [0.15, 0.2) is 0 Å². The van der Waals surface area contributed by atoms with E-state index in [9.17, 15) is 0 Å². The van der Waals surface area contributed by atoms with Crippen molar-refractivity contribution in [2.75, 3.05) is 19.8 Å². The van der Waals surface area contributed by atoms with E-state index in [0.717, 1.165) is 19.6 Å². The van der Waals surface area contributed by atoms with E-state index in [-0.39, 0.29) is 11.6 Å². The van der Waals surface area contributed by atoms with E-state index in [1.807, 2.05) is 0 Å². The van der Waals surface area contributed by atoms with Gasteiger partial charge in [0.1, 0.15) is 0 Å². The lowest BCUT2D eigenvalue weighted by Gasteiger charge is -2.30. The first-order chi connectivity index (χ1) is 6.49. The van der Waals surface area contributed by atoms with Gasteiger partial charge in [-0.05, 0) is 39.5 Å². The van der Waals surface area contributed by atoms with Crippen LogP contribution < -0.4 is 5.73 Å². The summed E-state index contributed by atoms with van der Waals surface area (Å²) in [6.07, 6.45) is 2.31. The predicted octanol–water partition coefficient (Wildman–Crippen LogP) is 1.56. The van der Waals surface area contributed by atoms with Crippen molar-refractivity contribution in [3.05, 3.63) is 0 Å². The summed E-state index contributed by atoms with van der Waals surface area (Å²) < 4.78 is 11.1. The van der Waals surface area contributed by atoms with Crippen LogP contribution in [0.1, 0.15) is 33.6 Å². The normalized spacial score (nSPS) is 26.1. The molecule has 0 aromatic rings. The van der Waals surface area contributed by atoms with Crippen molar-refractivity contribution in [2.24, 2.45) is 11.7 Å². The molecule has 1 aliphatic heterocycles. The second-order valence-electron chi connectivity index (χ2n) is 5.06. The topological polar surface area (TPSA) is 44.5 Å². The van der Waals surface area contributed by atoms with E-state index >= 15 is 0 Å². The summed E-state index contributed by atoms with van der Waals surface area (Å²) in [4.78, 5) is 0. The van der Waals surface area contributed by atoms with Gasteiger partial charge in [-0.3, -0.25) is 0 Å². The van der Waals surface area contributed by atoms with E-state index in [0.29, 0.717) is 12.5 Å². The van der Waals surface area contributed by atoms with Crippen LogP contribution in [0.15, 0.2) is 0 Å². The molecule has 2 unspecified atom stereocenters. The third kappa shape index (κ3) is 4.40. The monoisotopic (exact) mass is 201 g/mol. The van der Waals surface area contributed by atoms with Gasteiger partial charge in [-0.25, -0.2) is 0 Å². The molecule has 14 heavy (non-hydrogen) atoms. The zero-order valence-electron chi connectivity index (χ0n) is 9.58. The van der Waals surface area contributed by atoms with Crippen LogP contribution in [0.4, 0.5) is 0 Å². The third-order valence-electron chi connectivity index (χ3n) is 2.51. The molecule has 0 bridgehead atoms. The molecule has 2 N–H and O–H groups in total. The Morgan fingerprint density at radius 2 is 2.21 bits per heavy atom. The maximum Gasteiger partial charge on any atom is 0.0628 e. The second-order valence-corrected chi connectivity index (χ2v) is 5.06. The van der Waals surface area contributed by atoms with Crippen LogP contribution in [0.2, 0.25) is 0 Å². The van der Waals surface area contributed by atoms with Crippen molar-refractivity contribution in [3.63, 3.8) is 0 Å². The lowest BCUT2D eigenvalue weighted by molar-refractivity contribution is -0.0325. The van der Waals surface area contributed by atoms with Gasteiger partial charge in [0.25, 0.3) is 0 Å². The van der Waals surface area contributed by atoms with Gasteiger partial charge in [-0.1, -0.05) is 0 Å². The van der Waals surface area contributed by atoms with Gasteiger partial charge < -0.3 is 15.2 Å². The number of ether oxygens (including phenoxy) is 2. The van der Waals surface area contributed by atoms with Crippen molar-refractivity contribution in [3.8, 4) is 0 Å². The fourth-order valence-corrected chi connectivity index (χ4v) is 1.59. The summed E-state index contributed by atoms with van der Waals surface area (Å²) in [6, 6.07) is 0.120. The minimum absolute atomic E-state index is 0.0901. The van der Waals surface area contributed by atoms with Crippen LogP contribution in [-0.4, -0.2) is 31.5 Å². The molecule has 0 spiro atoms. The molecular formula is C11H23NO2. The Morgan fingerprint density at radius 3 is 2.71 bits per heavy atom. The lowest BCUT2D eigenvalue weighted by atomic mass is 9.95. The Kier molecular flexibility index (Phi) is 4.35. The fourth-order valence-electron chi connectivity index (χ4n) is 1.59. The molecule has 3 heteroatoms. The third-order valence-corrected chi connectivity index (χ3v) is 2.51. The highest BCUT2D eigenvalue weighted by molar-refractivity contribution is 4.76. The Morgan fingerprint density at radius 1 is 1.50 bits per heavy atom. The zero-order valence-corrected chi connectivity index (χ0v) is 9.58. The van der Waals surface area contributed by atoms with Gasteiger partial charge in [-0.2, -0.15) is 0 Å². The smallest absolute Gasteiger partial charge is 0.0628 e. The molecule has 0 amide bonds. The Bertz CT molecular complexity index is 159. The molecule has 1 heterocycles. The van der Waals surface area contributed by atoms with Crippen molar-refractivity contribution in [1.82, 2.24) is 0 Å². The Hall–Kier alpha value is -0.120. The van der Waals surface area contributed by atoms with Crippen molar-refractivity contribution in [1.29, 1.82) is 0 Å². The van der Waals surface area contributed by atoms with Gasteiger partial charge >= 0.3 is 0 Å². The summed E-state index contributed by atoms with van der Waals surface area (Å²) in [5.74, 6) is 0.478. The van der Waals surface area contributed by atoms with Crippen LogP contribution in [-0.2, 0) is 9.47 Å². The van der Waals surface area contributed by atoms with Gasteiger partial charge in [-0.15, -0.1) is 0 Å². The number of hydrogen-bond acceptors (Lipinski definition) is 3. The highest BCUT2D eigenvalue weighted by atomic mass is 16.5. The van der Waals surface area contributed by atoms with Crippen LogP contribution in [0, 0.1) is 5.92 Å². The average molecular weight is 201 g/mol. The predicted molar refractivity (Wildman–Crippen MR) is 57.2 cm³/mol. The summed E-state index contributed by atoms with van der Waals surface area (Å²) in [7, 11) is 0. The number of rotatable bonds is 3. The molecule has 0 saturated carbocycles. The highest BCUT2D eigenvalue weighted by Crippen LogP contribution is 2.18. The first kappa shape index (κ1) is 12.0. The SMILES string of the molecule is CC(C)(C)OCC(N)C1CCCOC1. The fraction of sp³-hybridized carbons (Fsp3) is 1.00. The summed E-state index contributed by atoms with van der Waals surface area (Å²) in [5, 5.41) is 0. The number of nitrogens with two attached hydrogens (primary N) is 1. The number of hydrogen-bond donors (Lipinski definition) is 1. The first-order valence-electron chi connectivity index (χ1n) is 5.46. The molecule has 1 fully saturated rings. The van der Waals surface area contributed by atoms with E-state index in [1.54, 1.807) is 0 Å². The molecule has 2 atom stereocenters. The molecule has 1 rings (SSSR count). The molecular weight excluding hydrogens is 178 g/mol. The molecule has 0 aromatic carbocycles.